The third-order valence-corrected chi connectivity index (χ3v) is 15.0. The van der Waals surface area contributed by atoms with Gasteiger partial charge in [-0.1, -0.05) is 84.7 Å². The number of fused-ring (bicyclic) bond motifs is 3. The predicted molar refractivity (Wildman–Crippen MR) is 244 cm³/mol. The highest BCUT2D eigenvalue weighted by Crippen LogP contribution is 2.49. The average Bonchev–Trinajstić information content (AvgIpc) is 3.89. The summed E-state index contributed by atoms with van der Waals surface area (Å²) < 4.78 is 23.7. The zero-order chi connectivity index (χ0) is 45.7. The number of carbonyl (C=O) groups excluding carboxylic acids is 4. The number of amides is 3. The first-order valence-corrected chi connectivity index (χ1v) is 23.4. The van der Waals surface area contributed by atoms with Crippen LogP contribution < -0.4 is 20.7 Å². The maximum atomic E-state index is 14.3. The summed E-state index contributed by atoms with van der Waals surface area (Å²) >= 11 is 6.81. The largest absolute Gasteiger partial charge is 0.495 e. The third kappa shape index (κ3) is 14.4. The molecule has 4 N–H and O–H groups in total. The van der Waals surface area contributed by atoms with Crippen LogP contribution in [-0.4, -0.2) is 115 Å². The highest BCUT2D eigenvalue weighted by molar-refractivity contribution is 8.77. The molecule has 13 nitrogen and oxygen atoms in total. The summed E-state index contributed by atoms with van der Waals surface area (Å²) in [6, 6.07) is 2.65. The second-order valence-electron chi connectivity index (χ2n) is 16.4. The lowest BCUT2D eigenvalue weighted by Gasteiger charge is -2.37. The molecule has 0 aromatic heterocycles. The number of epoxide rings is 1. The van der Waals surface area contributed by atoms with E-state index in [1.165, 1.54) is 30.9 Å². The van der Waals surface area contributed by atoms with Gasteiger partial charge >= 0.3 is 5.97 Å². The molecular weight excluding hydrogens is 828 g/mol. The van der Waals surface area contributed by atoms with Crippen LogP contribution in [0.15, 0.2) is 35.9 Å². The van der Waals surface area contributed by atoms with E-state index < -0.39 is 53.5 Å². The molecule has 0 radical (unpaired) electrons. The number of anilines is 1. The molecule has 1 aromatic rings. The average molecular weight is 900 g/mol. The smallest absolute Gasteiger partial charge is 0.328 e. The highest BCUT2D eigenvalue weighted by atomic mass is 35.5. The van der Waals surface area contributed by atoms with E-state index in [1.54, 1.807) is 67.7 Å². The van der Waals surface area contributed by atoms with Crippen molar-refractivity contribution in [3.05, 3.63) is 46.5 Å². The molecule has 16 heteroatoms. The van der Waals surface area contributed by atoms with Crippen LogP contribution >= 0.6 is 33.2 Å². The molecule has 340 valence electrons. The molecule has 1 aromatic carbocycles. The van der Waals surface area contributed by atoms with Crippen molar-refractivity contribution in [3.63, 3.8) is 0 Å². The first kappa shape index (κ1) is 53.3. The molecular formula is C44H71ClN4O9S2. The molecule has 1 fully saturated rings. The normalized spacial score (nSPS) is 28.1. The zero-order valence-electron chi connectivity index (χ0n) is 38.2. The van der Waals surface area contributed by atoms with E-state index in [-0.39, 0.29) is 46.8 Å². The lowest BCUT2D eigenvalue weighted by atomic mass is 9.79. The fourth-order valence-corrected chi connectivity index (χ4v) is 9.94. The number of hydrogen-bond acceptors (Lipinski definition) is 12. The van der Waals surface area contributed by atoms with Gasteiger partial charge < -0.3 is 44.9 Å². The zero-order valence-corrected chi connectivity index (χ0v) is 40.6. The number of esters is 1. The number of nitrogens with zero attached hydrogens (tertiary/aromatic N) is 2. The molecule has 2 aliphatic heterocycles. The van der Waals surface area contributed by atoms with Gasteiger partial charge in [-0.3, -0.25) is 14.4 Å². The molecule has 3 rings (SSSR count). The number of nitrogens with two attached hydrogens (primary N) is 1. The van der Waals surface area contributed by atoms with Crippen molar-refractivity contribution < 1.29 is 43.2 Å². The summed E-state index contributed by atoms with van der Waals surface area (Å²) in [5.74, 6) is -1.06. The van der Waals surface area contributed by atoms with Crippen molar-refractivity contribution in [2.45, 2.75) is 142 Å². The van der Waals surface area contributed by atoms with Crippen molar-refractivity contribution >= 4 is 62.6 Å². The van der Waals surface area contributed by atoms with E-state index in [1.807, 2.05) is 46.8 Å². The maximum absolute atomic E-state index is 14.3. The fourth-order valence-electron chi connectivity index (χ4n) is 7.19. The molecule has 3 amide bonds. The van der Waals surface area contributed by atoms with Gasteiger partial charge in [0.15, 0.2) is 5.72 Å². The van der Waals surface area contributed by atoms with Crippen molar-refractivity contribution in [1.82, 2.24) is 10.2 Å². The fraction of sp³-hybridized carbons (Fsp3) is 0.682. The number of ether oxygens (including phenoxy) is 4. The Kier molecular flexibility index (Phi) is 21.0. The Hall–Kier alpha value is -2.79. The summed E-state index contributed by atoms with van der Waals surface area (Å²) in [6.45, 7) is 19.3. The summed E-state index contributed by atoms with van der Waals surface area (Å²) in [6.07, 6.45) is 3.98. The van der Waals surface area contributed by atoms with Gasteiger partial charge in [0.1, 0.15) is 34.6 Å². The Labute approximate surface area is 371 Å². The quantitative estimate of drug-likeness (QED) is 0.0604. The van der Waals surface area contributed by atoms with Gasteiger partial charge in [-0.05, 0) is 77.0 Å². The van der Waals surface area contributed by atoms with Gasteiger partial charge in [-0.2, -0.15) is 0 Å². The van der Waals surface area contributed by atoms with E-state index in [2.05, 4.69) is 19.2 Å². The molecule has 3 unspecified atom stereocenters. The number of halogens is 1. The molecule has 1 saturated heterocycles. The Balaban J connectivity index is 0.00000610. The van der Waals surface area contributed by atoms with Gasteiger partial charge in [0, 0.05) is 58.0 Å². The number of methoxy groups -OCH3 is 2. The van der Waals surface area contributed by atoms with Crippen LogP contribution in [0.1, 0.15) is 100 Å². The number of hydrogen-bond donors (Lipinski definition) is 3. The molecule has 2 heterocycles. The summed E-state index contributed by atoms with van der Waals surface area (Å²) in [7, 11) is 9.49. The van der Waals surface area contributed by atoms with Crippen molar-refractivity contribution in [2.24, 2.45) is 17.6 Å². The monoisotopic (exact) mass is 898 g/mol. The maximum Gasteiger partial charge on any atom is 0.328 e. The minimum atomic E-state index is -1.78. The molecule has 2 aliphatic rings. The minimum Gasteiger partial charge on any atom is -0.495 e. The van der Waals surface area contributed by atoms with Gasteiger partial charge in [0.2, 0.25) is 17.7 Å². The number of allylic oxidation sites excluding steroid dienone is 3. The van der Waals surface area contributed by atoms with E-state index in [0.29, 0.717) is 30.8 Å². The SMILES string of the molecule is CC.COc1cc2cc(c1Cl)N(C)C(=O)C[C@H](OC(=O)[C@H](C)N(C)C(=O)CCC(C)(C)SSCCN)C1(C)OC1[C@H](C)C(C)C[C@@](O)(NC(C)=O)[C@H](OC)/C=C/C=C(\C)C2. The molecule has 8 atom stereocenters. The summed E-state index contributed by atoms with van der Waals surface area (Å²) in [4.78, 5) is 56.8. The Morgan fingerprint density at radius 3 is 2.45 bits per heavy atom. The topological polar surface area (TPSA) is 173 Å². The first-order chi connectivity index (χ1) is 28.0. The van der Waals surface area contributed by atoms with Crippen LogP contribution in [0.2, 0.25) is 5.02 Å². The minimum absolute atomic E-state index is 0.0937. The van der Waals surface area contributed by atoms with Crippen LogP contribution in [0.5, 0.6) is 5.75 Å². The lowest BCUT2D eigenvalue weighted by molar-refractivity contribution is -0.162. The van der Waals surface area contributed by atoms with Crippen LogP contribution in [0, 0.1) is 11.8 Å². The van der Waals surface area contributed by atoms with E-state index in [0.717, 1.165) is 16.9 Å². The summed E-state index contributed by atoms with van der Waals surface area (Å²) in [5.41, 5.74) is 4.90. The Bertz CT molecular complexity index is 1700. The van der Waals surface area contributed by atoms with Gasteiger partial charge in [0.05, 0.1) is 25.3 Å². The number of likely N-dealkylation sites (N-methyl/N-ethyl adjacent to an activating group) is 1. The molecule has 0 saturated carbocycles. The van der Waals surface area contributed by atoms with Crippen LogP contribution in [0.4, 0.5) is 5.69 Å². The van der Waals surface area contributed by atoms with Gasteiger partial charge in [-0.25, -0.2) is 4.79 Å². The molecule has 0 aliphatic carbocycles. The second-order valence-corrected chi connectivity index (χ2v) is 19.9. The standard InChI is InChI=1S/C42H65ClN4O9S2.C2H6/c1-25-14-13-15-33(54-12)42(52,45-29(5)48)24-26(2)27(3)38-41(8,56-38)34(23-36(50)47(10)31-21-30(20-25)22-32(53-11)37(31)43)55-39(51)28(4)46(9)35(49)16-17-40(6,7)58-57-19-18-44;1-2/h13-15,21-22,26-28,33-34,38,52H,16-20,23-24,44H2,1-12H3,(H,45,48);1-2H3/b15-13+,25-14+;/t26?,27-,28+,33-,34+,38?,41?,42+;/m1./s1. The van der Waals surface area contributed by atoms with Crippen molar-refractivity contribution in [3.8, 4) is 5.75 Å². The highest BCUT2D eigenvalue weighted by Gasteiger charge is 2.63. The predicted octanol–water partition coefficient (Wildman–Crippen LogP) is 7.10. The number of nitrogens with one attached hydrogen (secondary N) is 1. The number of carbonyl (C=O) groups is 4. The van der Waals surface area contributed by atoms with Gasteiger partial charge in [-0.15, -0.1) is 0 Å². The number of benzene rings is 1. The molecule has 0 spiro atoms. The number of rotatable bonds is 13. The van der Waals surface area contributed by atoms with E-state index in [9.17, 15) is 24.3 Å². The Morgan fingerprint density at radius 2 is 1.87 bits per heavy atom. The van der Waals surface area contributed by atoms with Crippen LogP contribution in [0.3, 0.4) is 0 Å². The van der Waals surface area contributed by atoms with Crippen molar-refractivity contribution in [2.75, 3.05) is 45.5 Å². The second kappa shape index (κ2) is 23.6. The number of aliphatic hydroxyl groups is 1. The third-order valence-electron chi connectivity index (χ3n) is 11.2. The van der Waals surface area contributed by atoms with Crippen molar-refractivity contribution in [1.29, 1.82) is 0 Å². The lowest BCUT2D eigenvalue weighted by Crippen LogP contribution is -2.57. The van der Waals surface area contributed by atoms with E-state index in [4.69, 9.17) is 36.3 Å². The first-order valence-electron chi connectivity index (χ1n) is 20.7. The van der Waals surface area contributed by atoms with E-state index >= 15 is 0 Å². The Morgan fingerprint density at radius 1 is 1.22 bits per heavy atom. The molecule has 60 heavy (non-hydrogen) atoms. The van der Waals surface area contributed by atoms with Gasteiger partial charge in [0.25, 0.3) is 0 Å². The van der Waals surface area contributed by atoms with Crippen LogP contribution in [0.25, 0.3) is 0 Å². The van der Waals surface area contributed by atoms with Crippen LogP contribution in [-0.2, 0) is 39.8 Å². The molecule has 2 bridgehead atoms. The summed E-state index contributed by atoms with van der Waals surface area (Å²) in [5, 5.41) is 14.9.